The summed E-state index contributed by atoms with van der Waals surface area (Å²) in [6.07, 6.45) is 1.06. The van der Waals surface area contributed by atoms with Gasteiger partial charge in [0.05, 0.1) is 5.60 Å². The van der Waals surface area contributed by atoms with Crippen LogP contribution in [-0.4, -0.2) is 25.0 Å². The van der Waals surface area contributed by atoms with Crippen molar-refractivity contribution in [2.24, 2.45) is 0 Å². The Balaban J connectivity index is 2.53. The van der Waals surface area contributed by atoms with E-state index in [-0.39, 0.29) is 5.60 Å². The molecule has 0 bridgehead atoms. The van der Waals surface area contributed by atoms with E-state index in [0.29, 0.717) is 6.04 Å². The van der Waals surface area contributed by atoms with E-state index >= 15 is 0 Å². The Morgan fingerprint density at radius 1 is 1.37 bits per heavy atom. The van der Waals surface area contributed by atoms with Gasteiger partial charge in [-0.2, -0.15) is 0 Å². The topological polar surface area (TPSA) is 21.3 Å². The third-order valence-electron chi connectivity index (χ3n) is 3.39. The van der Waals surface area contributed by atoms with Crippen molar-refractivity contribution in [2.75, 3.05) is 19.4 Å². The molecule has 0 aromatic heterocycles. The molecule has 1 N–H and O–H groups in total. The fourth-order valence-electron chi connectivity index (χ4n) is 1.81. The third kappa shape index (κ3) is 5.98. The van der Waals surface area contributed by atoms with Crippen molar-refractivity contribution in [1.29, 1.82) is 0 Å². The number of ether oxygens (including phenoxy) is 1. The van der Waals surface area contributed by atoms with Gasteiger partial charge >= 0.3 is 0 Å². The van der Waals surface area contributed by atoms with Crippen LogP contribution in [0.5, 0.6) is 0 Å². The van der Waals surface area contributed by atoms with Crippen molar-refractivity contribution in [3.05, 3.63) is 29.8 Å². The second-order valence-corrected chi connectivity index (χ2v) is 6.58. The fourth-order valence-corrected chi connectivity index (χ4v) is 3.04. The Kier molecular flexibility index (Phi) is 6.90. The van der Waals surface area contributed by atoms with Gasteiger partial charge in [-0.05, 0) is 51.4 Å². The Morgan fingerprint density at radius 2 is 2.11 bits per heavy atom. The first-order chi connectivity index (χ1) is 8.98. The van der Waals surface area contributed by atoms with Crippen LogP contribution in [0.1, 0.15) is 45.7 Å². The first kappa shape index (κ1) is 16.5. The van der Waals surface area contributed by atoms with Gasteiger partial charge in [-0.15, -0.1) is 11.8 Å². The van der Waals surface area contributed by atoms with Crippen molar-refractivity contribution in [1.82, 2.24) is 5.32 Å². The lowest BCUT2D eigenvalue weighted by Crippen LogP contribution is -2.22. The molecule has 0 heterocycles. The molecule has 0 aliphatic heterocycles. The Bertz CT molecular complexity index is 379. The molecule has 0 saturated heterocycles. The number of benzene rings is 1. The van der Waals surface area contributed by atoms with Gasteiger partial charge in [0.15, 0.2) is 0 Å². The Morgan fingerprint density at radius 3 is 2.74 bits per heavy atom. The molecule has 3 heteroatoms. The predicted molar refractivity (Wildman–Crippen MR) is 85.0 cm³/mol. The number of hydrogen-bond donors (Lipinski definition) is 1. The Hall–Kier alpha value is -0.510. The molecule has 1 aromatic carbocycles. The maximum Gasteiger partial charge on any atom is 0.0630 e. The standard InChI is InChI=1S/C16H27NOS/c1-6-17-13(2)14-8-7-9-15(12-14)19-11-10-16(3,4)18-5/h7-9,12-13,17H,6,10-11H2,1-5H3. The molecule has 0 amide bonds. The summed E-state index contributed by atoms with van der Waals surface area (Å²) >= 11 is 1.90. The van der Waals surface area contributed by atoms with Gasteiger partial charge in [0.25, 0.3) is 0 Å². The molecule has 1 rings (SSSR count). The van der Waals surface area contributed by atoms with Crippen molar-refractivity contribution in [2.45, 2.75) is 50.7 Å². The van der Waals surface area contributed by atoms with Crippen LogP contribution in [0.15, 0.2) is 29.2 Å². The predicted octanol–water partition coefficient (Wildman–Crippen LogP) is 4.26. The number of methoxy groups -OCH3 is 1. The molecule has 2 nitrogen and oxygen atoms in total. The van der Waals surface area contributed by atoms with Crippen LogP contribution in [0.4, 0.5) is 0 Å². The molecule has 0 spiro atoms. The molecule has 0 fully saturated rings. The van der Waals surface area contributed by atoms with E-state index in [1.807, 2.05) is 11.8 Å². The van der Waals surface area contributed by atoms with Crippen molar-refractivity contribution < 1.29 is 4.74 Å². The summed E-state index contributed by atoms with van der Waals surface area (Å²) in [6.45, 7) is 9.62. The summed E-state index contributed by atoms with van der Waals surface area (Å²) in [5.41, 5.74) is 1.33. The maximum absolute atomic E-state index is 5.45. The highest BCUT2D eigenvalue weighted by Gasteiger charge is 2.15. The lowest BCUT2D eigenvalue weighted by molar-refractivity contribution is 0.0207. The van der Waals surface area contributed by atoms with Gasteiger partial charge in [0.2, 0.25) is 0 Å². The van der Waals surface area contributed by atoms with E-state index in [4.69, 9.17) is 4.74 Å². The van der Waals surface area contributed by atoms with E-state index in [1.54, 1.807) is 7.11 Å². The molecular weight excluding hydrogens is 254 g/mol. The van der Waals surface area contributed by atoms with Gasteiger partial charge < -0.3 is 10.1 Å². The maximum atomic E-state index is 5.45. The van der Waals surface area contributed by atoms with Crippen LogP contribution in [0, 0.1) is 0 Å². The summed E-state index contributed by atoms with van der Waals surface area (Å²) in [6, 6.07) is 9.23. The minimum absolute atomic E-state index is 0.0261. The van der Waals surface area contributed by atoms with Crippen LogP contribution in [0.2, 0.25) is 0 Å². The largest absolute Gasteiger partial charge is 0.379 e. The van der Waals surface area contributed by atoms with Gasteiger partial charge in [-0.25, -0.2) is 0 Å². The highest BCUT2D eigenvalue weighted by Crippen LogP contribution is 2.25. The van der Waals surface area contributed by atoms with Crippen molar-refractivity contribution in [3.8, 4) is 0 Å². The van der Waals surface area contributed by atoms with Gasteiger partial charge in [0.1, 0.15) is 0 Å². The SMILES string of the molecule is CCNC(C)c1cccc(SCCC(C)(C)OC)c1. The molecule has 1 aromatic rings. The summed E-state index contributed by atoms with van der Waals surface area (Å²) in [4.78, 5) is 1.34. The highest BCUT2D eigenvalue weighted by atomic mass is 32.2. The lowest BCUT2D eigenvalue weighted by Gasteiger charge is -2.22. The van der Waals surface area contributed by atoms with Gasteiger partial charge in [-0.1, -0.05) is 19.1 Å². The monoisotopic (exact) mass is 281 g/mol. The van der Waals surface area contributed by atoms with E-state index in [0.717, 1.165) is 18.7 Å². The lowest BCUT2D eigenvalue weighted by atomic mass is 10.1. The molecule has 108 valence electrons. The zero-order valence-electron chi connectivity index (χ0n) is 12.8. The van der Waals surface area contributed by atoms with E-state index < -0.39 is 0 Å². The first-order valence-corrected chi connectivity index (χ1v) is 7.98. The Labute approximate surface area is 122 Å². The van der Waals surface area contributed by atoms with Crippen LogP contribution >= 0.6 is 11.8 Å². The smallest absolute Gasteiger partial charge is 0.0630 e. The van der Waals surface area contributed by atoms with E-state index in [9.17, 15) is 0 Å². The number of thioether (sulfide) groups is 1. The summed E-state index contributed by atoms with van der Waals surface area (Å²) in [5, 5.41) is 3.45. The molecule has 1 unspecified atom stereocenters. The molecule has 0 aliphatic carbocycles. The van der Waals surface area contributed by atoms with Crippen LogP contribution < -0.4 is 5.32 Å². The second kappa shape index (κ2) is 7.93. The molecular formula is C16H27NOS. The molecule has 0 aliphatic rings. The molecule has 0 saturated carbocycles. The fraction of sp³-hybridized carbons (Fsp3) is 0.625. The minimum Gasteiger partial charge on any atom is -0.379 e. The van der Waals surface area contributed by atoms with Gasteiger partial charge in [-0.3, -0.25) is 0 Å². The molecule has 19 heavy (non-hydrogen) atoms. The zero-order chi connectivity index (χ0) is 14.3. The molecule has 1 atom stereocenters. The number of hydrogen-bond acceptors (Lipinski definition) is 3. The zero-order valence-corrected chi connectivity index (χ0v) is 13.6. The van der Waals surface area contributed by atoms with Crippen LogP contribution in [-0.2, 0) is 4.74 Å². The third-order valence-corrected chi connectivity index (χ3v) is 4.39. The van der Waals surface area contributed by atoms with Crippen molar-refractivity contribution >= 4 is 11.8 Å². The normalized spacial score (nSPS) is 13.5. The second-order valence-electron chi connectivity index (χ2n) is 5.41. The highest BCUT2D eigenvalue weighted by molar-refractivity contribution is 7.99. The quantitative estimate of drug-likeness (QED) is 0.719. The average Bonchev–Trinajstić information content (AvgIpc) is 2.39. The van der Waals surface area contributed by atoms with Crippen LogP contribution in [0.3, 0.4) is 0 Å². The van der Waals surface area contributed by atoms with E-state index in [2.05, 4.69) is 57.3 Å². The van der Waals surface area contributed by atoms with E-state index in [1.165, 1.54) is 10.5 Å². The molecule has 0 radical (unpaired) electrons. The minimum atomic E-state index is -0.0261. The van der Waals surface area contributed by atoms with Gasteiger partial charge in [0, 0.05) is 23.8 Å². The summed E-state index contributed by atoms with van der Waals surface area (Å²) in [7, 11) is 1.78. The summed E-state index contributed by atoms with van der Waals surface area (Å²) in [5.74, 6) is 1.08. The number of rotatable bonds is 8. The van der Waals surface area contributed by atoms with Crippen LogP contribution in [0.25, 0.3) is 0 Å². The number of nitrogens with one attached hydrogen (secondary N) is 1. The first-order valence-electron chi connectivity index (χ1n) is 7.00. The average molecular weight is 281 g/mol. The summed E-state index contributed by atoms with van der Waals surface area (Å²) < 4.78 is 5.45. The van der Waals surface area contributed by atoms with Crippen molar-refractivity contribution in [3.63, 3.8) is 0 Å².